The zero-order valence-corrected chi connectivity index (χ0v) is 21.8. The second-order valence-electron chi connectivity index (χ2n) is 9.65. The van der Waals surface area contributed by atoms with E-state index in [1.54, 1.807) is 12.0 Å². The Morgan fingerprint density at radius 3 is 2.43 bits per heavy atom. The van der Waals surface area contributed by atoms with E-state index in [1.807, 2.05) is 77.9 Å². The minimum absolute atomic E-state index is 0.0203. The number of aliphatic hydroxyl groups is 1. The second-order valence-corrected chi connectivity index (χ2v) is 9.65. The molecule has 0 saturated carbocycles. The topological polar surface area (TPSA) is 76.1 Å². The van der Waals surface area contributed by atoms with Gasteiger partial charge in [-0.15, -0.1) is 0 Å². The largest absolute Gasteiger partial charge is 0.507 e. The molecule has 0 radical (unpaired) electrons. The Morgan fingerprint density at radius 2 is 1.83 bits per heavy atom. The van der Waals surface area contributed by atoms with Gasteiger partial charge in [0.05, 0.1) is 24.8 Å². The molecule has 3 rings (SSSR count). The standard InChI is InChI=1S/C29H37NO5/c1-8-9-13-30-26(20-11-10-12-21(15-20)35-18(4)5)25(28(32)29(30)33)27(31)23-16-22(17(2)3)24(34-7)14-19(23)6/h10-12,14-18,26,31H,8-9,13H2,1-7H3/b27-25+. The smallest absolute Gasteiger partial charge is 0.295 e. The summed E-state index contributed by atoms with van der Waals surface area (Å²) in [7, 11) is 1.62. The van der Waals surface area contributed by atoms with Gasteiger partial charge in [0.1, 0.15) is 17.3 Å². The third-order valence-corrected chi connectivity index (χ3v) is 6.29. The predicted molar refractivity (Wildman–Crippen MR) is 138 cm³/mol. The molecule has 35 heavy (non-hydrogen) atoms. The second kappa shape index (κ2) is 11.0. The fourth-order valence-corrected chi connectivity index (χ4v) is 4.54. The minimum Gasteiger partial charge on any atom is -0.507 e. The first-order valence-electron chi connectivity index (χ1n) is 12.3. The molecule has 0 aliphatic carbocycles. The summed E-state index contributed by atoms with van der Waals surface area (Å²) in [4.78, 5) is 28.0. The number of hydrogen-bond donors (Lipinski definition) is 1. The molecule has 0 spiro atoms. The van der Waals surface area contributed by atoms with Gasteiger partial charge in [0.25, 0.3) is 11.7 Å². The van der Waals surface area contributed by atoms with Gasteiger partial charge >= 0.3 is 0 Å². The first-order chi connectivity index (χ1) is 16.6. The Labute approximate surface area is 208 Å². The average Bonchev–Trinajstić information content (AvgIpc) is 3.06. The maximum absolute atomic E-state index is 13.3. The van der Waals surface area contributed by atoms with Crippen molar-refractivity contribution < 1.29 is 24.2 Å². The van der Waals surface area contributed by atoms with Crippen LogP contribution >= 0.6 is 0 Å². The molecule has 2 aromatic carbocycles. The number of aliphatic hydroxyl groups excluding tert-OH is 1. The van der Waals surface area contributed by atoms with Crippen LogP contribution < -0.4 is 9.47 Å². The number of nitrogens with zero attached hydrogens (tertiary/aromatic N) is 1. The molecular formula is C29H37NO5. The summed E-state index contributed by atoms with van der Waals surface area (Å²) >= 11 is 0. The van der Waals surface area contributed by atoms with Crippen LogP contribution in [0.1, 0.15) is 81.7 Å². The lowest BCUT2D eigenvalue weighted by Crippen LogP contribution is -2.30. The van der Waals surface area contributed by atoms with Gasteiger partial charge in [0, 0.05) is 12.1 Å². The van der Waals surface area contributed by atoms with E-state index >= 15 is 0 Å². The number of Topliss-reactive ketones (excluding diaryl/α,β-unsaturated/α-hetero) is 1. The third-order valence-electron chi connectivity index (χ3n) is 6.29. The summed E-state index contributed by atoms with van der Waals surface area (Å²) in [5.41, 5.74) is 3.05. The van der Waals surface area contributed by atoms with E-state index in [4.69, 9.17) is 9.47 Å². The number of carbonyl (C=O) groups excluding carboxylic acids is 2. The zero-order valence-electron chi connectivity index (χ0n) is 21.8. The molecule has 6 heteroatoms. The number of methoxy groups -OCH3 is 1. The number of aryl methyl sites for hydroxylation is 1. The summed E-state index contributed by atoms with van der Waals surface area (Å²) in [5.74, 6) is 0.110. The normalized spacial score (nSPS) is 17.5. The van der Waals surface area contributed by atoms with Crippen LogP contribution in [-0.4, -0.2) is 41.5 Å². The van der Waals surface area contributed by atoms with E-state index in [0.29, 0.717) is 17.9 Å². The molecule has 1 amide bonds. The van der Waals surface area contributed by atoms with E-state index in [2.05, 4.69) is 0 Å². The number of benzene rings is 2. The van der Waals surface area contributed by atoms with Crippen molar-refractivity contribution >= 4 is 17.4 Å². The maximum atomic E-state index is 13.3. The fourth-order valence-electron chi connectivity index (χ4n) is 4.54. The Balaban J connectivity index is 2.24. The quantitative estimate of drug-likeness (QED) is 0.266. The lowest BCUT2D eigenvalue weighted by molar-refractivity contribution is -0.139. The van der Waals surface area contributed by atoms with Gasteiger partial charge in [-0.05, 0) is 74.1 Å². The van der Waals surface area contributed by atoms with E-state index < -0.39 is 17.7 Å². The highest BCUT2D eigenvalue weighted by atomic mass is 16.5. The monoisotopic (exact) mass is 479 g/mol. The molecule has 1 aliphatic rings. The highest BCUT2D eigenvalue weighted by molar-refractivity contribution is 6.46. The number of likely N-dealkylation sites (tertiary alicyclic amines) is 1. The van der Waals surface area contributed by atoms with Crippen molar-refractivity contribution in [3.8, 4) is 11.5 Å². The predicted octanol–water partition coefficient (Wildman–Crippen LogP) is 6.14. The molecule has 0 aromatic heterocycles. The first kappa shape index (κ1) is 26.3. The highest BCUT2D eigenvalue weighted by Gasteiger charge is 2.46. The van der Waals surface area contributed by atoms with Crippen molar-refractivity contribution in [1.82, 2.24) is 4.90 Å². The van der Waals surface area contributed by atoms with Crippen molar-refractivity contribution in [3.05, 3.63) is 64.2 Å². The van der Waals surface area contributed by atoms with E-state index in [-0.39, 0.29) is 23.4 Å². The van der Waals surface area contributed by atoms with Gasteiger partial charge in [0.2, 0.25) is 0 Å². The number of carbonyl (C=O) groups is 2. The Hall–Kier alpha value is -3.28. The molecule has 188 valence electrons. The van der Waals surface area contributed by atoms with E-state index in [9.17, 15) is 14.7 Å². The number of ketones is 1. The third kappa shape index (κ3) is 5.37. The molecule has 1 unspecified atom stereocenters. The SMILES string of the molecule is CCCCN1C(=O)C(=O)/C(=C(/O)c2cc(C(C)C)c(OC)cc2C)C1c1cccc(OC(C)C)c1. The number of ether oxygens (including phenoxy) is 2. The lowest BCUT2D eigenvalue weighted by Gasteiger charge is -2.26. The number of hydrogen-bond acceptors (Lipinski definition) is 5. The van der Waals surface area contributed by atoms with Crippen LogP contribution in [0.15, 0.2) is 42.0 Å². The van der Waals surface area contributed by atoms with Crippen molar-refractivity contribution in [2.45, 2.75) is 72.4 Å². The van der Waals surface area contributed by atoms with Crippen LogP contribution in [0.3, 0.4) is 0 Å². The minimum atomic E-state index is -0.693. The van der Waals surface area contributed by atoms with Gasteiger partial charge in [-0.25, -0.2) is 0 Å². The molecular weight excluding hydrogens is 442 g/mol. The van der Waals surface area contributed by atoms with Gasteiger partial charge in [0.15, 0.2) is 0 Å². The number of rotatable bonds is 9. The zero-order chi connectivity index (χ0) is 25.9. The summed E-state index contributed by atoms with van der Waals surface area (Å²) in [5, 5.41) is 11.6. The summed E-state index contributed by atoms with van der Waals surface area (Å²) in [6, 6.07) is 10.5. The summed E-state index contributed by atoms with van der Waals surface area (Å²) in [6.07, 6.45) is 1.61. The molecule has 1 N–H and O–H groups in total. The maximum Gasteiger partial charge on any atom is 0.295 e. The van der Waals surface area contributed by atoms with Gasteiger partial charge in [-0.1, -0.05) is 39.3 Å². The number of amides is 1. The van der Waals surface area contributed by atoms with Crippen molar-refractivity contribution in [3.63, 3.8) is 0 Å². The molecule has 2 aromatic rings. The molecule has 0 bridgehead atoms. The Morgan fingerprint density at radius 1 is 1.11 bits per heavy atom. The van der Waals surface area contributed by atoms with Gasteiger partial charge < -0.3 is 19.5 Å². The van der Waals surface area contributed by atoms with Crippen LogP contribution in [0.4, 0.5) is 0 Å². The summed E-state index contributed by atoms with van der Waals surface area (Å²) in [6.45, 7) is 12.3. The summed E-state index contributed by atoms with van der Waals surface area (Å²) < 4.78 is 11.4. The van der Waals surface area contributed by atoms with Crippen LogP contribution in [0.25, 0.3) is 5.76 Å². The van der Waals surface area contributed by atoms with Crippen molar-refractivity contribution in [2.24, 2.45) is 0 Å². The fraction of sp³-hybridized carbons (Fsp3) is 0.448. The van der Waals surface area contributed by atoms with E-state index in [1.165, 1.54) is 0 Å². The van der Waals surface area contributed by atoms with Crippen LogP contribution in [0, 0.1) is 6.92 Å². The first-order valence-corrected chi connectivity index (χ1v) is 12.3. The van der Waals surface area contributed by atoms with Crippen LogP contribution in [-0.2, 0) is 9.59 Å². The van der Waals surface area contributed by atoms with Crippen molar-refractivity contribution in [2.75, 3.05) is 13.7 Å². The number of unbranched alkanes of at least 4 members (excludes halogenated alkanes) is 1. The molecule has 1 atom stereocenters. The van der Waals surface area contributed by atoms with Crippen LogP contribution in [0.5, 0.6) is 11.5 Å². The average molecular weight is 480 g/mol. The molecule has 1 saturated heterocycles. The van der Waals surface area contributed by atoms with Crippen molar-refractivity contribution in [1.29, 1.82) is 0 Å². The Bertz CT molecular complexity index is 1130. The highest BCUT2D eigenvalue weighted by Crippen LogP contribution is 2.42. The molecule has 1 heterocycles. The lowest BCUT2D eigenvalue weighted by atomic mass is 9.91. The molecule has 1 fully saturated rings. The molecule has 1 aliphatic heterocycles. The van der Waals surface area contributed by atoms with Gasteiger partial charge in [-0.3, -0.25) is 9.59 Å². The molecule has 6 nitrogen and oxygen atoms in total. The Kier molecular flexibility index (Phi) is 8.26. The van der Waals surface area contributed by atoms with E-state index in [0.717, 1.165) is 35.3 Å². The van der Waals surface area contributed by atoms with Crippen LogP contribution in [0.2, 0.25) is 0 Å². The van der Waals surface area contributed by atoms with Gasteiger partial charge in [-0.2, -0.15) is 0 Å².